The lowest BCUT2D eigenvalue weighted by Crippen LogP contribution is -2.11. The Morgan fingerprint density at radius 2 is 1.82 bits per heavy atom. The minimum Gasteiger partial charge on any atom is -0.469 e. The molecule has 1 aromatic carbocycles. The molecule has 4 nitrogen and oxygen atoms in total. The van der Waals surface area contributed by atoms with Crippen molar-refractivity contribution in [3.05, 3.63) is 35.4 Å². The molecule has 0 atom stereocenters. The Hall–Kier alpha value is -1.36. The summed E-state index contributed by atoms with van der Waals surface area (Å²) < 4.78 is 27.7. The third kappa shape index (κ3) is 4.19. The number of hydrogen-bond acceptors (Lipinski definition) is 4. The van der Waals surface area contributed by atoms with E-state index in [1.807, 2.05) is 0 Å². The van der Waals surface area contributed by atoms with Crippen molar-refractivity contribution in [2.75, 3.05) is 12.9 Å². The van der Waals surface area contributed by atoms with Crippen LogP contribution in [-0.4, -0.2) is 27.2 Å². The van der Waals surface area contributed by atoms with Crippen LogP contribution in [0.3, 0.4) is 0 Å². The van der Waals surface area contributed by atoms with E-state index in [0.717, 1.165) is 0 Å². The van der Waals surface area contributed by atoms with Crippen LogP contribution in [0.2, 0.25) is 0 Å². The van der Waals surface area contributed by atoms with E-state index < -0.39 is 9.84 Å². The predicted octanol–water partition coefficient (Wildman–Crippen LogP) is 1.34. The van der Waals surface area contributed by atoms with Gasteiger partial charge >= 0.3 is 5.97 Å². The molecule has 0 N–H and O–H groups in total. The van der Waals surface area contributed by atoms with Gasteiger partial charge in [-0.25, -0.2) is 8.42 Å². The topological polar surface area (TPSA) is 60.4 Å². The Kier molecular flexibility index (Phi) is 4.69. The van der Waals surface area contributed by atoms with Crippen molar-refractivity contribution in [3.8, 4) is 0 Å². The van der Waals surface area contributed by atoms with Gasteiger partial charge in [0.25, 0.3) is 0 Å². The van der Waals surface area contributed by atoms with Gasteiger partial charge in [0.05, 0.1) is 19.3 Å². The SMILES string of the molecule is CCS(=O)(=O)Cc1ccccc1CC(=O)OC. The van der Waals surface area contributed by atoms with E-state index in [2.05, 4.69) is 4.74 Å². The maximum Gasteiger partial charge on any atom is 0.309 e. The molecule has 0 saturated heterocycles. The van der Waals surface area contributed by atoms with Gasteiger partial charge in [-0.05, 0) is 11.1 Å². The zero-order valence-electron chi connectivity index (χ0n) is 9.97. The second-order valence-electron chi connectivity index (χ2n) is 3.70. The molecule has 0 heterocycles. The first-order valence-corrected chi connectivity index (χ1v) is 7.14. The molecule has 0 saturated carbocycles. The molecule has 17 heavy (non-hydrogen) atoms. The fourth-order valence-electron chi connectivity index (χ4n) is 1.44. The maximum absolute atomic E-state index is 11.6. The Balaban J connectivity index is 2.96. The van der Waals surface area contributed by atoms with Crippen molar-refractivity contribution in [3.63, 3.8) is 0 Å². The molecule has 0 aliphatic heterocycles. The molecule has 0 aliphatic rings. The molecule has 0 bridgehead atoms. The quantitative estimate of drug-likeness (QED) is 0.746. The normalized spacial score (nSPS) is 11.2. The first-order valence-electron chi connectivity index (χ1n) is 5.32. The lowest BCUT2D eigenvalue weighted by Gasteiger charge is -2.08. The van der Waals surface area contributed by atoms with Crippen molar-refractivity contribution >= 4 is 15.8 Å². The highest BCUT2D eigenvalue weighted by molar-refractivity contribution is 7.90. The van der Waals surface area contributed by atoms with Gasteiger partial charge in [-0.2, -0.15) is 0 Å². The average molecular weight is 256 g/mol. The van der Waals surface area contributed by atoms with Crippen LogP contribution in [0.5, 0.6) is 0 Å². The highest BCUT2D eigenvalue weighted by Gasteiger charge is 2.13. The molecule has 0 aliphatic carbocycles. The van der Waals surface area contributed by atoms with Crippen molar-refractivity contribution in [2.24, 2.45) is 0 Å². The van der Waals surface area contributed by atoms with Gasteiger partial charge < -0.3 is 4.74 Å². The van der Waals surface area contributed by atoms with Crippen LogP contribution >= 0.6 is 0 Å². The van der Waals surface area contributed by atoms with Gasteiger partial charge in [-0.3, -0.25) is 4.79 Å². The van der Waals surface area contributed by atoms with Crippen molar-refractivity contribution in [2.45, 2.75) is 19.1 Å². The first kappa shape index (κ1) is 13.7. The minimum absolute atomic E-state index is 0.0311. The number of carbonyl (C=O) groups is 1. The third-order valence-corrected chi connectivity index (χ3v) is 4.13. The molecular formula is C12H16O4S. The summed E-state index contributed by atoms with van der Waals surface area (Å²) in [5, 5.41) is 0. The smallest absolute Gasteiger partial charge is 0.309 e. The highest BCUT2D eigenvalue weighted by atomic mass is 32.2. The monoisotopic (exact) mass is 256 g/mol. The number of benzene rings is 1. The molecule has 0 fully saturated rings. The van der Waals surface area contributed by atoms with Crippen LogP contribution < -0.4 is 0 Å². The summed E-state index contributed by atoms with van der Waals surface area (Å²) in [6, 6.07) is 7.02. The van der Waals surface area contributed by atoms with Crippen molar-refractivity contribution in [1.29, 1.82) is 0 Å². The molecule has 0 aromatic heterocycles. The summed E-state index contributed by atoms with van der Waals surface area (Å²) in [5.74, 6) is -0.303. The van der Waals surface area contributed by atoms with Crippen LogP contribution in [0.15, 0.2) is 24.3 Å². The van der Waals surface area contributed by atoms with Crippen molar-refractivity contribution < 1.29 is 17.9 Å². The Morgan fingerprint density at radius 3 is 2.35 bits per heavy atom. The van der Waals surface area contributed by atoms with Crippen LogP contribution in [0, 0.1) is 0 Å². The van der Waals surface area contributed by atoms with E-state index in [1.54, 1.807) is 31.2 Å². The molecule has 0 amide bonds. The molecule has 94 valence electrons. The number of ether oxygens (including phenoxy) is 1. The van der Waals surface area contributed by atoms with E-state index in [0.29, 0.717) is 11.1 Å². The Labute approximate surface area is 102 Å². The Morgan fingerprint density at radius 1 is 1.24 bits per heavy atom. The molecule has 0 radical (unpaired) electrons. The van der Waals surface area contributed by atoms with E-state index >= 15 is 0 Å². The fraction of sp³-hybridized carbons (Fsp3) is 0.417. The second kappa shape index (κ2) is 5.82. The predicted molar refractivity (Wildman–Crippen MR) is 65.3 cm³/mol. The number of hydrogen-bond donors (Lipinski definition) is 0. The molecule has 1 aromatic rings. The van der Waals surface area contributed by atoms with Gasteiger partial charge in [0.15, 0.2) is 9.84 Å². The number of sulfone groups is 1. The zero-order chi connectivity index (χ0) is 12.9. The first-order chi connectivity index (χ1) is 7.98. The van der Waals surface area contributed by atoms with E-state index in [9.17, 15) is 13.2 Å². The Bertz CT molecular complexity index is 491. The number of methoxy groups -OCH3 is 1. The van der Waals surface area contributed by atoms with Crippen molar-refractivity contribution in [1.82, 2.24) is 0 Å². The van der Waals surface area contributed by atoms with Gasteiger partial charge in [0, 0.05) is 5.75 Å². The van der Waals surface area contributed by atoms with Gasteiger partial charge in [0.2, 0.25) is 0 Å². The van der Waals surface area contributed by atoms with Gasteiger partial charge in [-0.1, -0.05) is 31.2 Å². The van der Waals surface area contributed by atoms with Crippen LogP contribution in [0.4, 0.5) is 0 Å². The number of rotatable bonds is 5. The molecule has 0 unspecified atom stereocenters. The molecular weight excluding hydrogens is 240 g/mol. The van der Waals surface area contributed by atoms with E-state index in [4.69, 9.17) is 0 Å². The summed E-state index contributed by atoms with van der Waals surface area (Å²) in [6.07, 6.45) is 0.103. The maximum atomic E-state index is 11.6. The fourth-order valence-corrected chi connectivity index (χ4v) is 2.40. The summed E-state index contributed by atoms with van der Waals surface area (Å²) in [4.78, 5) is 11.2. The molecule has 1 rings (SSSR count). The number of esters is 1. The zero-order valence-corrected chi connectivity index (χ0v) is 10.8. The summed E-state index contributed by atoms with van der Waals surface area (Å²) >= 11 is 0. The second-order valence-corrected chi connectivity index (χ2v) is 6.05. The van der Waals surface area contributed by atoms with E-state index in [1.165, 1.54) is 7.11 Å². The van der Waals surface area contributed by atoms with Crippen LogP contribution in [-0.2, 0) is 31.5 Å². The van der Waals surface area contributed by atoms with Crippen LogP contribution in [0.25, 0.3) is 0 Å². The van der Waals surface area contributed by atoms with Crippen LogP contribution in [0.1, 0.15) is 18.1 Å². The summed E-state index contributed by atoms with van der Waals surface area (Å²) in [5.41, 5.74) is 1.37. The molecule has 0 spiro atoms. The van der Waals surface area contributed by atoms with Gasteiger partial charge in [-0.15, -0.1) is 0 Å². The van der Waals surface area contributed by atoms with E-state index in [-0.39, 0.29) is 23.9 Å². The lowest BCUT2D eigenvalue weighted by molar-refractivity contribution is -0.139. The minimum atomic E-state index is -3.09. The molecule has 5 heteroatoms. The van der Waals surface area contributed by atoms with Gasteiger partial charge in [0.1, 0.15) is 0 Å². The summed E-state index contributed by atoms with van der Waals surface area (Å²) in [6.45, 7) is 1.61. The largest absolute Gasteiger partial charge is 0.469 e. The lowest BCUT2D eigenvalue weighted by atomic mass is 10.1. The highest BCUT2D eigenvalue weighted by Crippen LogP contribution is 2.14. The number of carbonyl (C=O) groups excluding carboxylic acids is 1. The third-order valence-electron chi connectivity index (χ3n) is 2.50. The standard InChI is InChI=1S/C12H16O4S/c1-3-17(14,15)9-11-7-5-4-6-10(11)8-12(13)16-2/h4-7H,3,8-9H2,1-2H3. The average Bonchev–Trinajstić information content (AvgIpc) is 2.31. The summed E-state index contributed by atoms with van der Waals surface area (Å²) in [7, 11) is -1.78.